The van der Waals surface area contributed by atoms with Gasteiger partial charge in [-0.25, -0.2) is 0 Å². The molecule has 4 N–H and O–H groups in total. The van der Waals surface area contributed by atoms with Crippen molar-refractivity contribution in [3.8, 4) is 0 Å². The lowest BCUT2D eigenvalue weighted by molar-refractivity contribution is -0.317. The number of aliphatic hydroxyl groups is 4. The number of carbonyl (C=O) groups excluding carboxylic acids is 2. The van der Waals surface area contributed by atoms with Crippen LogP contribution in [0.2, 0.25) is 0 Å². The average Bonchev–Trinajstić information content (AvgIpc) is 3.64. The first-order valence-corrected chi connectivity index (χ1v) is 19.0. The quantitative estimate of drug-likeness (QED) is 0.297. The highest BCUT2D eigenvalue weighted by molar-refractivity contribution is 5.83. The number of esters is 1. The van der Waals surface area contributed by atoms with Gasteiger partial charge in [-0.1, -0.05) is 27.7 Å². The molecule has 0 radical (unpaired) electrons. The minimum absolute atomic E-state index is 0.0800. The van der Waals surface area contributed by atoms with Crippen LogP contribution in [0.4, 0.5) is 0 Å². The van der Waals surface area contributed by atoms with Gasteiger partial charge in [-0.3, -0.25) is 9.59 Å². The van der Waals surface area contributed by atoms with Crippen LogP contribution in [-0.2, 0) is 38.0 Å². The van der Waals surface area contributed by atoms with Crippen molar-refractivity contribution in [3.63, 3.8) is 0 Å². The van der Waals surface area contributed by atoms with Gasteiger partial charge in [-0.15, -0.1) is 0 Å². The first-order chi connectivity index (χ1) is 24.6. The molecule has 4 heterocycles. The molecule has 0 aliphatic carbocycles. The van der Waals surface area contributed by atoms with E-state index in [2.05, 4.69) is 0 Å². The molecule has 0 unspecified atom stereocenters. The molecule has 4 rings (SSSR count). The molecule has 18 atom stereocenters. The minimum Gasteiger partial charge on any atom is -0.472 e. The largest absolute Gasteiger partial charge is 0.472 e. The van der Waals surface area contributed by atoms with E-state index in [1.54, 1.807) is 61.5 Å². The Labute approximate surface area is 314 Å². The number of methoxy groups -OCH3 is 1. The van der Waals surface area contributed by atoms with Gasteiger partial charge in [0.1, 0.15) is 24.1 Å². The monoisotopic (exact) mass is 755 g/mol. The molecular weight excluding hydrogens is 690 g/mol. The summed E-state index contributed by atoms with van der Waals surface area (Å²) < 4.78 is 42.9. The lowest BCUT2D eigenvalue weighted by Crippen LogP contribution is -2.60. The molecule has 0 bridgehead atoms. The van der Waals surface area contributed by atoms with Crippen LogP contribution in [0.25, 0.3) is 0 Å². The first kappa shape index (κ1) is 43.7. The molecule has 3 saturated heterocycles. The van der Waals surface area contributed by atoms with Gasteiger partial charge in [-0.2, -0.15) is 0 Å². The van der Waals surface area contributed by atoms with Gasteiger partial charge >= 0.3 is 5.97 Å². The Kier molecular flexibility index (Phi) is 14.4. The topological polar surface area (TPSA) is 187 Å². The van der Waals surface area contributed by atoms with Crippen LogP contribution in [0.1, 0.15) is 93.2 Å². The second-order valence-corrected chi connectivity index (χ2v) is 16.7. The average molecular weight is 756 g/mol. The van der Waals surface area contributed by atoms with Crippen LogP contribution in [0.3, 0.4) is 0 Å². The summed E-state index contributed by atoms with van der Waals surface area (Å²) in [5.74, 6) is -5.15. The van der Waals surface area contributed by atoms with Crippen LogP contribution in [0, 0.1) is 29.6 Å². The summed E-state index contributed by atoms with van der Waals surface area (Å²) in [7, 11) is 5.21. The summed E-state index contributed by atoms with van der Waals surface area (Å²) in [6, 6.07) is 1.33. The third-order valence-corrected chi connectivity index (χ3v) is 12.1. The van der Waals surface area contributed by atoms with Crippen LogP contribution in [0.15, 0.2) is 23.0 Å². The van der Waals surface area contributed by atoms with Crippen LogP contribution in [0.5, 0.6) is 0 Å². The zero-order valence-electron chi connectivity index (χ0n) is 33.5. The zero-order valence-corrected chi connectivity index (χ0v) is 33.5. The molecule has 53 heavy (non-hydrogen) atoms. The SMILES string of the molecule is CO[C@]1(C)C[C@H](O[C@H]2[C@H](C)[C@@H](O[C@@H]3O[C@H](C)C[C@H](N(C)C)[C@H]3O)[C@](C)(O)C[C@@H](C)C(=O)[C@H](C)[C@@H](O)[C@@H](C)[C@@H](c3ccoc3)OC(=O)[C@@H]2C)O[C@@H](C)[C@@H]1O. The molecule has 0 saturated carbocycles. The number of hydrogen-bond acceptors (Lipinski definition) is 14. The van der Waals surface area contributed by atoms with Gasteiger partial charge in [0.05, 0.1) is 60.2 Å². The number of furan rings is 1. The Balaban J connectivity index is 1.84. The van der Waals surface area contributed by atoms with E-state index in [0.717, 1.165) is 0 Å². The fourth-order valence-electron chi connectivity index (χ4n) is 8.65. The highest BCUT2D eigenvalue weighted by atomic mass is 16.7. The summed E-state index contributed by atoms with van der Waals surface area (Å²) in [4.78, 5) is 30.2. The lowest BCUT2D eigenvalue weighted by atomic mass is 9.74. The summed E-state index contributed by atoms with van der Waals surface area (Å²) in [6.07, 6.45) is -6.18. The molecule has 3 aliphatic heterocycles. The van der Waals surface area contributed by atoms with Gasteiger partial charge in [-0.05, 0) is 67.6 Å². The van der Waals surface area contributed by atoms with Crippen LogP contribution >= 0.6 is 0 Å². The molecule has 0 spiro atoms. The normalized spacial score (nSPS) is 46.9. The molecule has 14 nitrogen and oxygen atoms in total. The molecule has 14 heteroatoms. The zero-order chi connectivity index (χ0) is 39.7. The first-order valence-electron chi connectivity index (χ1n) is 19.0. The highest BCUT2D eigenvalue weighted by Gasteiger charge is 2.52. The van der Waals surface area contributed by atoms with E-state index in [-0.39, 0.29) is 30.8 Å². The molecule has 304 valence electrons. The predicted molar refractivity (Wildman–Crippen MR) is 192 cm³/mol. The molecular formula is C39H65NO13. The maximum atomic E-state index is 14.3. The third-order valence-electron chi connectivity index (χ3n) is 12.1. The molecule has 0 aromatic carbocycles. The number of hydrogen-bond donors (Lipinski definition) is 4. The fraction of sp³-hybridized carbons (Fsp3) is 0.846. The van der Waals surface area contributed by atoms with Gasteiger partial charge in [0.2, 0.25) is 0 Å². The van der Waals surface area contributed by atoms with Gasteiger partial charge in [0, 0.05) is 48.8 Å². The van der Waals surface area contributed by atoms with Crippen molar-refractivity contribution in [2.24, 2.45) is 29.6 Å². The van der Waals surface area contributed by atoms with Crippen molar-refractivity contribution in [2.75, 3.05) is 21.2 Å². The smallest absolute Gasteiger partial charge is 0.311 e. The van der Waals surface area contributed by atoms with E-state index in [9.17, 15) is 30.0 Å². The maximum absolute atomic E-state index is 14.3. The van der Waals surface area contributed by atoms with E-state index in [1.165, 1.54) is 19.6 Å². The summed E-state index contributed by atoms with van der Waals surface area (Å²) >= 11 is 0. The number of aliphatic hydroxyl groups excluding tert-OH is 3. The van der Waals surface area contributed by atoms with Crippen LogP contribution < -0.4 is 0 Å². The second-order valence-electron chi connectivity index (χ2n) is 16.7. The molecule has 3 aliphatic rings. The van der Waals surface area contributed by atoms with E-state index in [4.69, 9.17) is 32.8 Å². The third kappa shape index (κ3) is 9.53. The van der Waals surface area contributed by atoms with Crippen molar-refractivity contribution in [3.05, 3.63) is 24.2 Å². The molecule has 0 amide bonds. The van der Waals surface area contributed by atoms with Gasteiger partial charge in [0.25, 0.3) is 0 Å². The van der Waals surface area contributed by atoms with E-state index >= 15 is 0 Å². The highest BCUT2D eigenvalue weighted by Crippen LogP contribution is 2.41. The number of ketones is 1. The Bertz CT molecular complexity index is 1340. The number of ether oxygens (including phenoxy) is 6. The van der Waals surface area contributed by atoms with E-state index in [0.29, 0.717) is 12.0 Å². The van der Waals surface area contributed by atoms with Crippen molar-refractivity contribution >= 4 is 11.8 Å². The fourth-order valence-corrected chi connectivity index (χ4v) is 8.65. The van der Waals surface area contributed by atoms with Crippen LogP contribution in [-0.4, -0.2) is 131 Å². The van der Waals surface area contributed by atoms with Gasteiger partial charge < -0.3 is 58.2 Å². The van der Waals surface area contributed by atoms with Gasteiger partial charge in [0.15, 0.2) is 12.6 Å². The Morgan fingerprint density at radius 2 is 1.55 bits per heavy atom. The molecule has 1 aromatic heterocycles. The number of cyclic esters (lactones) is 1. The van der Waals surface area contributed by atoms with Crippen molar-refractivity contribution in [1.82, 2.24) is 4.90 Å². The number of Topliss-reactive ketones (excluding diaryl/α,β-unsaturated/α-hetero) is 1. The molecule has 1 aromatic rings. The van der Waals surface area contributed by atoms with Crippen molar-refractivity contribution in [1.29, 1.82) is 0 Å². The van der Waals surface area contributed by atoms with E-state index in [1.807, 2.05) is 25.9 Å². The van der Waals surface area contributed by atoms with E-state index < -0.39 is 102 Å². The Morgan fingerprint density at radius 1 is 0.887 bits per heavy atom. The minimum atomic E-state index is -1.76. The summed E-state index contributed by atoms with van der Waals surface area (Å²) in [6.45, 7) is 15.4. The molecule has 3 fully saturated rings. The maximum Gasteiger partial charge on any atom is 0.311 e. The number of nitrogens with zero attached hydrogens (tertiary/aromatic N) is 1. The number of carbonyl (C=O) groups is 2. The summed E-state index contributed by atoms with van der Waals surface area (Å²) in [5, 5.41) is 46.5. The van der Waals surface area contributed by atoms with Crippen molar-refractivity contribution < 1.29 is 62.9 Å². The second kappa shape index (κ2) is 17.4. The Morgan fingerprint density at radius 3 is 2.13 bits per heavy atom. The Hall–Kier alpha value is -1.98. The van der Waals surface area contributed by atoms with Crippen molar-refractivity contribution in [2.45, 2.75) is 160 Å². The number of rotatable bonds is 7. The lowest BCUT2D eigenvalue weighted by Gasteiger charge is -2.49. The number of likely N-dealkylation sites (N-methyl/N-ethyl adjacent to an activating group) is 1. The summed E-state index contributed by atoms with van der Waals surface area (Å²) in [5.41, 5.74) is -2.29. The standard InChI is InChI=1S/C39H65NO13/c1-19-16-38(8,46)35(53-37-31(43)27(40(10)11)15-20(2)49-37)23(5)32(51-28-17-39(9,47-12)34(44)25(7)50-28)24(6)36(45)52-33(26-13-14-48-18-26)22(4)30(42)21(3)29(19)41/h13-14,18-25,27-28,30-35,37,42-44,46H,15-17H2,1-12H3/t19-,20-,21+,22-,23+,24-,25+,27+,28+,30-,31-,32+,33+,34+,35-,37+,38-,39-/m1/s1. The predicted octanol–water partition coefficient (Wildman–Crippen LogP) is 3.23.